The zero-order chi connectivity index (χ0) is 21.2. The summed E-state index contributed by atoms with van der Waals surface area (Å²) in [5.74, 6) is -0.526. The van der Waals surface area contributed by atoms with Gasteiger partial charge in [0.1, 0.15) is 23.2 Å². The molecule has 160 valence electrons. The number of carbonyl (C=O) groups is 2. The Morgan fingerprint density at radius 1 is 1.24 bits per heavy atom. The van der Waals surface area contributed by atoms with Crippen molar-refractivity contribution in [3.63, 3.8) is 0 Å². The minimum Gasteiger partial charge on any atom is -0.319 e. The Morgan fingerprint density at radius 2 is 1.93 bits per heavy atom. The maximum Gasteiger partial charge on any atom is 0.329 e. The molecule has 0 radical (unpaired) electrons. The minimum atomic E-state index is -3.05. The van der Waals surface area contributed by atoms with Crippen LogP contribution in [-0.2, 0) is 20.2 Å². The number of carbonyl (C=O) groups excluding carboxylic acids is 2. The van der Waals surface area contributed by atoms with Crippen molar-refractivity contribution in [3.8, 4) is 0 Å². The molecule has 1 unspecified atom stereocenters. The number of hydrogen-bond acceptors (Lipinski definition) is 4. The Bertz CT molecular complexity index is 874. The molecule has 3 rings (SSSR count). The molecule has 1 aromatic carbocycles. The molecule has 3 amide bonds. The molecule has 9 heteroatoms. The standard InChI is InChI=1S/C20H28FN3O4S/c1-3-5-11-20(15-6-8-16(21)9-7-15)18(25)24(19(26)22-20)14-23(4-2)17-10-12-29(27,28)13-17/h6-9,17H,3-5,10-14H2,1-2H3,(H,22,26)/p+1/t17-,20-/m1/s1. The first kappa shape index (κ1) is 21.7. The lowest BCUT2D eigenvalue weighted by atomic mass is 9.85. The Hall–Kier alpha value is -2.00. The van der Waals surface area contributed by atoms with Gasteiger partial charge in [0.25, 0.3) is 5.91 Å². The van der Waals surface area contributed by atoms with Crippen LogP contribution in [0.15, 0.2) is 24.3 Å². The van der Waals surface area contributed by atoms with E-state index in [1.165, 1.54) is 17.0 Å². The first-order valence-electron chi connectivity index (χ1n) is 10.2. The van der Waals surface area contributed by atoms with Crippen molar-refractivity contribution < 1.29 is 27.3 Å². The largest absolute Gasteiger partial charge is 0.329 e. The van der Waals surface area contributed by atoms with Crippen LogP contribution in [0.1, 0.15) is 45.1 Å². The Morgan fingerprint density at radius 3 is 2.48 bits per heavy atom. The third kappa shape index (κ3) is 4.30. The second-order valence-corrected chi connectivity index (χ2v) is 10.2. The Balaban J connectivity index is 1.86. The summed E-state index contributed by atoms with van der Waals surface area (Å²) in [7, 11) is -3.05. The van der Waals surface area contributed by atoms with E-state index in [4.69, 9.17) is 0 Å². The highest BCUT2D eigenvalue weighted by Crippen LogP contribution is 2.34. The molecular weight excluding hydrogens is 397 g/mol. The topological polar surface area (TPSA) is 88.0 Å². The fraction of sp³-hybridized carbons (Fsp3) is 0.600. The molecule has 0 aromatic heterocycles. The molecule has 29 heavy (non-hydrogen) atoms. The molecule has 2 aliphatic heterocycles. The second kappa shape index (κ2) is 8.39. The molecular formula is C20H29FN3O4S+. The van der Waals surface area contributed by atoms with Gasteiger partial charge >= 0.3 is 6.03 Å². The normalized spacial score (nSPS) is 27.3. The van der Waals surface area contributed by atoms with E-state index in [1.807, 2.05) is 13.8 Å². The number of urea groups is 1. The van der Waals surface area contributed by atoms with Crippen LogP contribution >= 0.6 is 0 Å². The number of unbranched alkanes of at least 4 members (excludes halogenated alkanes) is 1. The summed E-state index contributed by atoms with van der Waals surface area (Å²) in [6, 6.07) is 5.06. The lowest BCUT2D eigenvalue weighted by Gasteiger charge is -2.29. The molecule has 7 nitrogen and oxygen atoms in total. The molecule has 2 fully saturated rings. The van der Waals surface area contributed by atoms with E-state index in [0.717, 1.165) is 17.7 Å². The molecule has 3 atom stereocenters. The smallest absolute Gasteiger partial charge is 0.319 e. The molecule has 2 saturated heterocycles. The van der Waals surface area contributed by atoms with E-state index in [0.29, 0.717) is 24.9 Å². The average molecular weight is 427 g/mol. The van der Waals surface area contributed by atoms with Crippen molar-refractivity contribution in [1.29, 1.82) is 0 Å². The van der Waals surface area contributed by atoms with Crippen LogP contribution in [0.3, 0.4) is 0 Å². The molecule has 2 heterocycles. The van der Waals surface area contributed by atoms with Gasteiger partial charge in [-0.2, -0.15) is 0 Å². The first-order valence-corrected chi connectivity index (χ1v) is 12.0. The molecule has 0 aliphatic carbocycles. The highest BCUT2D eigenvalue weighted by Gasteiger charge is 2.53. The van der Waals surface area contributed by atoms with Crippen LogP contribution in [0, 0.1) is 5.82 Å². The fourth-order valence-electron chi connectivity index (χ4n) is 4.31. The maximum absolute atomic E-state index is 13.4. The molecule has 1 aromatic rings. The SMILES string of the molecule is CCCC[C@]1(c2ccc(F)cc2)NC(=O)N(C[NH+](CC)[C@@H]2CCS(=O)(=O)C2)C1=O. The Labute approximate surface area is 171 Å². The minimum absolute atomic E-state index is 0.0821. The monoisotopic (exact) mass is 426 g/mol. The number of nitrogens with one attached hydrogen (secondary N) is 2. The summed E-state index contributed by atoms with van der Waals surface area (Å²) < 4.78 is 37.1. The van der Waals surface area contributed by atoms with Crippen LogP contribution in [0.2, 0.25) is 0 Å². The lowest BCUT2D eigenvalue weighted by molar-refractivity contribution is -0.927. The quantitative estimate of drug-likeness (QED) is 0.603. The fourth-order valence-corrected chi connectivity index (χ4v) is 6.13. The number of sulfone groups is 1. The highest BCUT2D eigenvalue weighted by molar-refractivity contribution is 7.91. The van der Waals surface area contributed by atoms with E-state index < -0.39 is 27.2 Å². The van der Waals surface area contributed by atoms with Gasteiger partial charge in [0.05, 0.1) is 12.3 Å². The second-order valence-electron chi connectivity index (χ2n) is 7.95. The van der Waals surface area contributed by atoms with Gasteiger partial charge in [-0.05, 0) is 31.0 Å². The molecule has 0 saturated carbocycles. The zero-order valence-electron chi connectivity index (χ0n) is 16.9. The van der Waals surface area contributed by atoms with E-state index in [9.17, 15) is 22.4 Å². The van der Waals surface area contributed by atoms with Crippen LogP contribution < -0.4 is 10.2 Å². The van der Waals surface area contributed by atoms with E-state index in [1.54, 1.807) is 12.1 Å². The predicted molar refractivity (Wildman–Crippen MR) is 106 cm³/mol. The zero-order valence-corrected chi connectivity index (χ0v) is 17.7. The predicted octanol–water partition coefficient (Wildman–Crippen LogP) is 0.812. The van der Waals surface area contributed by atoms with Crippen LogP contribution in [0.4, 0.5) is 9.18 Å². The lowest BCUT2D eigenvalue weighted by Crippen LogP contribution is -3.17. The van der Waals surface area contributed by atoms with Crippen LogP contribution in [-0.4, -0.2) is 56.0 Å². The maximum atomic E-state index is 13.4. The summed E-state index contributed by atoms with van der Waals surface area (Å²) in [5.41, 5.74) is -0.642. The third-order valence-corrected chi connectivity index (χ3v) is 7.81. The summed E-state index contributed by atoms with van der Waals surface area (Å²) in [4.78, 5) is 28.3. The number of quaternary nitrogens is 1. The van der Waals surface area contributed by atoms with E-state index in [-0.39, 0.29) is 30.1 Å². The highest BCUT2D eigenvalue weighted by atomic mass is 32.2. The molecule has 0 bridgehead atoms. The van der Waals surface area contributed by atoms with Gasteiger partial charge < -0.3 is 10.2 Å². The number of rotatable bonds is 8. The van der Waals surface area contributed by atoms with Gasteiger partial charge in [-0.1, -0.05) is 31.9 Å². The molecule has 0 spiro atoms. The van der Waals surface area contributed by atoms with Crippen LogP contribution in [0.5, 0.6) is 0 Å². The van der Waals surface area contributed by atoms with Crippen molar-refractivity contribution in [2.75, 3.05) is 24.7 Å². The van der Waals surface area contributed by atoms with E-state index in [2.05, 4.69) is 5.32 Å². The summed E-state index contributed by atoms with van der Waals surface area (Å²) in [6.07, 6.45) is 2.53. The van der Waals surface area contributed by atoms with Crippen molar-refractivity contribution >= 4 is 21.8 Å². The summed E-state index contributed by atoms with van der Waals surface area (Å²) in [6.45, 7) is 4.65. The summed E-state index contributed by atoms with van der Waals surface area (Å²) >= 11 is 0. The molecule has 2 N–H and O–H groups in total. The number of amides is 3. The number of imide groups is 1. The van der Waals surface area contributed by atoms with Gasteiger partial charge in [-0.15, -0.1) is 0 Å². The van der Waals surface area contributed by atoms with Gasteiger partial charge in [0, 0.05) is 6.42 Å². The van der Waals surface area contributed by atoms with Gasteiger partial charge in [-0.25, -0.2) is 22.5 Å². The summed E-state index contributed by atoms with van der Waals surface area (Å²) in [5, 5.41) is 2.86. The average Bonchev–Trinajstić information content (AvgIpc) is 3.16. The number of benzene rings is 1. The van der Waals surface area contributed by atoms with Crippen molar-refractivity contribution in [1.82, 2.24) is 10.2 Å². The number of halogens is 1. The van der Waals surface area contributed by atoms with Crippen LogP contribution in [0.25, 0.3) is 0 Å². The molecule has 2 aliphatic rings. The van der Waals surface area contributed by atoms with Crippen molar-refractivity contribution in [2.45, 2.75) is 51.1 Å². The van der Waals surface area contributed by atoms with Crippen molar-refractivity contribution in [2.24, 2.45) is 0 Å². The van der Waals surface area contributed by atoms with Gasteiger partial charge in [0.2, 0.25) is 0 Å². The van der Waals surface area contributed by atoms with Crippen molar-refractivity contribution in [3.05, 3.63) is 35.6 Å². The van der Waals surface area contributed by atoms with Gasteiger partial charge in [0.15, 0.2) is 16.5 Å². The number of nitrogens with zero attached hydrogens (tertiary/aromatic N) is 1. The number of hydrogen-bond donors (Lipinski definition) is 2. The van der Waals surface area contributed by atoms with E-state index >= 15 is 0 Å². The third-order valence-electron chi connectivity index (χ3n) is 6.04. The Kier molecular flexibility index (Phi) is 6.28. The first-order chi connectivity index (χ1) is 13.7. The van der Waals surface area contributed by atoms with Gasteiger partial charge in [-0.3, -0.25) is 4.79 Å².